The fourth-order valence-electron chi connectivity index (χ4n) is 1.36. The molecule has 94 valence electrons. The Balaban J connectivity index is 2.78. The molecule has 1 aliphatic rings. The number of guanidine groups is 1. The van der Waals surface area contributed by atoms with Crippen molar-refractivity contribution in [3.05, 3.63) is 0 Å². The molecule has 1 unspecified atom stereocenters. The predicted molar refractivity (Wildman–Crippen MR) is 59.0 cm³/mol. The first-order chi connectivity index (χ1) is 7.93. The number of nitrogens with one attached hydrogen (secondary N) is 2. The van der Waals surface area contributed by atoms with Crippen molar-refractivity contribution in [3.8, 4) is 0 Å². The summed E-state index contributed by atoms with van der Waals surface area (Å²) >= 11 is 0. The van der Waals surface area contributed by atoms with Gasteiger partial charge in [0, 0.05) is 0 Å². The Bertz CT molecular complexity index is 358. The molecule has 17 heavy (non-hydrogen) atoms. The van der Waals surface area contributed by atoms with Crippen molar-refractivity contribution in [1.29, 1.82) is 0 Å². The molecule has 1 atom stereocenters. The summed E-state index contributed by atoms with van der Waals surface area (Å²) in [6, 6.07) is -0.728. The van der Waals surface area contributed by atoms with Crippen molar-refractivity contribution in [2.24, 2.45) is 10.9 Å². The van der Waals surface area contributed by atoms with Gasteiger partial charge in [-0.15, -0.1) is 0 Å². The Morgan fingerprint density at radius 3 is 2.24 bits per heavy atom. The summed E-state index contributed by atoms with van der Waals surface area (Å²) < 4.78 is 4.61. The van der Waals surface area contributed by atoms with Crippen LogP contribution in [0.2, 0.25) is 0 Å². The lowest BCUT2D eigenvalue weighted by atomic mass is 10.0. The molecular weight excluding hydrogens is 226 g/mol. The largest absolute Gasteiger partial charge is 0.467 e. The minimum Gasteiger partial charge on any atom is -0.467 e. The smallest absolute Gasteiger partial charge is 0.330 e. The lowest BCUT2D eigenvalue weighted by molar-refractivity contribution is -0.142. The van der Waals surface area contributed by atoms with Gasteiger partial charge in [-0.3, -0.25) is 20.2 Å². The first-order valence-corrected chi connectivity index (χ1v) is 5.22. The van der Waals surface area contributed by atoms with E-state index in [1.807, 2.05) is 13.8 Å². The normalized spacial score (nSPS) is 16.6. The zero-order valence-corrected chi connectivity index (χ0v) is 9.94. The van der Waals surface area contributed by atoms with E-state index in [4.69, 9.17) is 0 Å². The minimum absolute atomic E-state index is 0.00366. The molecule has 2 N–H and O–H groups in total. The fourth-order valence-corrected chi connectivity index (χ4v) is 1.36. The molecule has 1 saturated heterocycles. The molecule has 0 saturated carbocycles. The van der Waals surface area contributed by atoms with Crippen molar-refractivity contribution in [1.82, 2.24) is 10.6 Å². The van der Waals surface area contributed by atoms with Crippen LogP contribution in [-0.2, 0) is 19.1 Å². The highest BCUT2D eigenvalue weighted by atomic mass is 16.5. The first kappa shape index (κ1) is 13.1. The predicted octanol–water partition coefficient (Wildman–Crippen LogP) is -0.824. The van der Waals surface area contributed by atoms with Gasteiger partial charge in [-0.05, 0) is 12.3 Å². The van der Waals surface area contributed by atoms with Crippen molar-refractivity contribution in [2.45, 2.75) is 26.3 Å². The highest BCUT2D eigenvalue weighted by molar-refractivity contribution is 6.45. The number of esters is 1. The molecule has 1 rings (SSSR count). The maximum Gasteiger partial charge on any atom is 0.330 e. The molecule has 0 aromatic rings. The molecule has 0 radical (unpaired) electrons. The van der Waals surface area contributed by atoms with Gasteiger partial charge in [0.15, 0.2) is 6.04 Å². The second kappa shape index (κ2) is 5.42. The van der Waals surface area contributed by atoms with Gasteiger partial charge in [-0.1, -0.05) is 13.8 Å². The Morgan fingerprint density at radius 2 is 1.82 bits per heavy atom. The summed E-state index contributed by atoms with van der Waals surface area (Å²) in [5, 5.41) is 4.46. The zero-order chi connectivity index (χ0) is 13.0. The Morgan fingerprint density at radius 1 is 1.29 bits per heavy atom. The van der Waals surface area contributed by atoms with Gasteiger partial charge in [0.25, 0.3) is 0 Å². The maximum absolute atomic E-state index is 11.4. The second-order valence-corrected chi connectivity index (χ2v) is 4.05. The van der Waals surface area contributed by atoms with Crippen LogP contribution in [0, 0.1) is 5.92 Å². The number of amides is 2. The highest BCUT2D eigenvalue weighted by Gasteiger charge is 2.28. The summed E-state index contributed by atoms with van der Waals surface area (Å²) in [6.45, 7) is 3.86. The van der Waals surface area contributed by atoms with E-state index in [2.05, 4.69) is 20.4 Å². The second-order valence-electron chi connectivity index (χ2n) is 4.05. The highest BCUT2D eigenvalue weighted by Crippen LogP contribution is 2.10. The number of carbonyl (C=O) groups excluding carboxylic acids is 3. The fraction of sp³-hybridized carbons (Fsp3) is 0.600. The Labute approximate surface area is 98.6 Å². The van der Waals surface area contributed by atoms with E-state index in [1.165, 1.54) is 7.11 Å². The lowest BCUT2D eigenvalue weighted by Crippen LogP contribution is -2.31. The summed E-state index contributed by atoms with van der Waals surface area (Å²) in [6.07, 6.45) is 0.474. The molecule has 7 nitrogen and oxygen atoms in total. The molecule has 0 spiro atoms. The van der Waals surface area contributed by atoms with E-state index in [0.717, 1.165) is 0 Å². The Kier molecular flexibility index (Phi) is 4.19. The average molecular weight is 241 g/mol. The third-order valence-corrected chi connectivity index (χ3v) is 2.12. The van der Waals surface area contributed by atoms with E-state index in [1.54, 1.807) is 0 Å². The van der Waals surface area contributed by atoms with Crippen molar-refractivity contribution < 1.29 is 19.1 Å². The van der Waals surface area contributed by atoms with Crippen LogP contribution in [-0.4, -0.2) is 36.9 Å². The van der Waals surface area contributed by atoms with E-state index in [0.29, 0.717) is 6.42 Å². The van der Waals surface area contributed by atoms with E-state index in [9.17, 15) is 14.4 Å². The number of hydrogen-bond donors (Lipinski definition) is 2. The molecule has 0 aromatic carbocycles. The SMILES string of the molecule is COC(=O)C(CC(C)C)N=C1NC(=O)C(=O)N1. The topological polar surface area (TPSA) is 96.9 Å². The zero-order valence-electron chi connectivity index (χ0n) is 9.94. The van der Waals surface area contributed by atoms with Crippen LogP contribution in [0.15, 0.2) is 4.99 Å². The standard InChI is InChI=1S/C10H15N3O4/c1-5(2)4-6(9(16)17-3)11-10-12-7(14)8(15)13-10/h5-6H,4H2,1-3H3,(H2,11,12,13,14,15). The van der Waals surface area contributed by atoms with E-state index in [-0.39, 0.29) is 11.9 Å². The van der Waals surface area contributed by atoms with Gasteiger partial charge in [0.2, 0.25) is 5.96 Å². The van der Waals surface area contributed by atoms with Crippen LogP contribution in [0.1, 0.15) is 20.3 Å². The van der Waals surface area contributed by atoms with Crippen molar-refractivity contribution in [2.75, 3.05) is 7.11 Å². The van der Waals surface area contributed by atoms with Crippen LogP contribution in [0.25, 0.3) is 0 Å². The van der Waals surface area contributed by atoms with Crippen molar-refractivity contribution in [3.63, 3.8) is 0 Å². The van der Waals surface area contributed by atoms with Crippen LogP contribution in [0.5, 0.6) is 0 Å². The van der Waals surface area contributed by atoms with Crippen LogP contribution in [0.3, 0.4) is 0 Å². The van der Waals surface area contributed by atoms with Gasteiger partial charge in [0.05, 0.1) is 7.11 Å². The number of aliphatic imine (C=N–C) groups is 1. The quantitative estimate of drug-likeness (QED) is 0.496. The van der Waals surface area contributed by atoms with E-state index >= 15 is 0 Å². The summed E-state index contributed by atoms with van der Waals surface area (Å²) in [5.41, 5.74) is 0. The van der Waals surface area contributed by atoms with E-state index < -0.39 is 23.8 Å². The molecule has 7 heteroatoms. The molecule has 1 aliphatic heterocycles. The summed E-state index contributed by atoms with van der Waals surface area (Å²) in [7, 11) is 1.27. The number of carbonyl (C=O) groups is 3. The number of ether oxygens (including phenoxy) is 1. The monoisotopic (exact) mass is 241 g/mol. The van der Waals surface area contributed by atoms with Crippen LogP contribution >= 0.6 is 0 Å². The van der Waals surface area contributed by atoms with Gasteiger partial charge in [-0.25, -0.2) is 9.79 Å². The number of methoxy groups -OCH3 is 1. The van der Waals surface area contributed by atoms with Gasteiger partial charge >= 0.3 is 17.8 Å². The summed E-state index contributed by atoms with van der Waals surface area (Å²) in [5.74, 6) is -1.83. The number of rotatable bonds is 4. The molecule has 1 fully saturated rings. The van der Waals surface area contributed by atoms with Gasteiger partial charge in [-0.2, -0.15) is 0 Å². The summed E-state index contributed by atoms with van der Waals surface area (Å²) in [4.78, 5) is 37.2. The molecular formula is C10H15N3O4. The third-order valence-electron chi connectivity index (χ3n) is 2.12. The lowest BCUT2D eigenvalue weighted by Gasteiger charge is -2.12. The van der Waals surface area contributed by atoms with Crippen LogP contribution in [0.4, 0.5) is 0 Å². The molecule has 0 aromatic heterocycles. The third kappa shape index (κ3) is 3.54. The minimum atomic E-state index is -0.781. The molecule has 1 heterocycles. The first-order valence-electron chi connectivity index (χ1n) is 5.22. The maximum atomic E-state index is 11.4. The number of hydrogen-bond acceptors (Lipinski definition) is 5. The Hall–Kier alpha value is -1.92. The van der Waals surface area contributed by atoms with Gasteiger partial charge in [0.1, 0.15) is 0 Å². The van der Waals surface area contributed by atoms with Gasteiger partial charge < -0.3 is 4.74 Å². The molecule has 0 bridgehead atoms. The average Bonchev–Trinajstić information content (AvgIpc) is 2.55. The van der Waals surface area contributed by atoms with Crippen molar-refractivity contribution >= 4 is 23.7 Å². The molecule has 0 aliphatic carbocycles. The molecule has 2 amide bonds. The number of nitrogens with zero attached hydrogens (tertiary/aromatic N) is 1. The van der Waals surface area contributed by atoms with Crippen LogP contribution < -0.4 is 10.6 Å².